The van der Waals surface area contributed by atoms with E-state index < -0.39 is 22.7 Å². The Kier molecular flexibility index (Phi) is 7.17. The van der Waals surface area contributed by atoms with E-state index in [-0.39, 0.29) is 37.0 Å². The number of hydrogen-bond donors (Lipinski definition) is 2. The van der Waals surface area contributed by atoms with E-state index >= 15 is 0 Å². The highest BCUT2D eigenvalue weighted by molar-refractivity contribution is 5.98. The quantitative estimate of drug-likeness (QED) is 0.252. The summed E-state index contributed by atoms with van der Waals surface area (Å²) in [6, 6.07) is 14.4. The number of ether oxygens (including phenoxy) is 2. The van der Waals surface area contributed by atoms with E-state index in [0.29, 0.717) is 33.9 Å². The maximum Gasteiger partial charge on any atom is 0.231 e. The lowest BCUT2D eigenvalue weighted by Gasteiger charge is -2.26. The summed E-state index contributed by atoms with van der Waals surface area (Å²) >= 11 is 0. The number of Topliss-reactive ketones (excluding diaryl/α,β-unsaturated/α-hetero) is 1. The monoisotopic (exact) mass is 582 g/mol. The van der Waals surface area contributed by atoms with Crippen LogP contribution in [-0.4, -0.2) is 44.7 Å². The highest BCUT2D eigenvalue weighted by atomic mass is 19.1. The molecule has 1 fully saturated rings. The van der Waals surface area contributed by atoms with Gasteiger partial charge in [0.1, 0.15) is 40.6 Å². The standard InChI is InChI=1S/C33H31FN4O5/c1-32(31(35)40)18-42-30-25(32)16-28(38-29(30)19-3-6-22(34)7-4-19)33(2,41)13-11-26(39)20-5-10-27(43-23-8-9-23)24(15-20)21-12-14-36-37-17-21/h3-7,10,12,14-17,23,41H,8-9,11,13,18H2,1-2H3,(H2,35,40)/t32-,33-/m0/s1. The van der Waals surface area contributed by atoms with Crippen LogP contribution in [0.1, 0.15) is 61.1 Å². The van der Waals surface area contributed by atoms with Crippen LogP contribution in [0.2, 0.25) is 0 Å². The van der Waals surface area contributed by atoms with Gasteiger partial charge in [0, 0.05) is 34.2 Å². The average molecular weight is 583 g/mol. The zero-order chi connectivity index (χ0) is 30.4. The van der Waals surface area contributed by atoms with Crippen molar-refractivity contribution in [3.05, 3.63) is 89.6 Å². The van der Waals surface area contributed by atoms with Crippen molar-refractivity contribution in [3.63, 3.8) is 0 Å². The van der Waals surface area contributed by atoms with Gasteiger partial charge in [-0.1, -0.05) is 0 Å². The number of fused-ring (bicyclic) bond motifs is 1. The van der Waals surface area contributed by atoms with E-state index in [4.69, 9.17) is 20.2 Å². The second-order valence-corrected chi connectivity index (χ2v) is 11.6. The van der Waals surface area contributed by atoms with Crippen molar-refractivity contribution in [2.24, 2.45) is 5.73 Å². The van der Waals surface area contributed by atoms with E-state index in [1.54, 1.807) is 62.6 Å². The van der Waals surface area contributed by atoms with Crippen LogP contribution >= 0.6 is 0 Å². The SMILES string of the molecule is C[C@](O)(CCC(=O)c1ccc(OC2CC2)c(-c2ccnnc2)c1)c1cc2c(c(-c3ccc(F)cc3)n1)OC[C@]2(C)C(N)=O. The molecule has 2 aromatic carbocycles. The van der Waals surface area contributed by atoms with Gasteiger partial charge < -0.3 is 20.3 Å². The second-order valence-electron chi connectivity index (χ2n) is 11.6. The number of primary amides is 1. The minimum absolute atomic E-state index is 0.00735. The Morgan fingerprint density at radius 1 is 1.12 bits per heavy atom. The summed E-state index contributed by atoms with van der Waals surface area (Å²) in [6.07, 6.45) is 5.42. The van der Waals surface area contributed by atoms with E-state index in [1.807, 2.05) is 6.07 Å². The molecule has 220 valence electrons. The summed E-state index contributed by atoms with van der Waals surface area (Å²) in [5.41, 5.74) is 6.66. The number of benzene rings is 2. The third-order valence-electron chi connectivity index (χ3n) is 8.14. The Balaban J connectivity index is 1.30. The van der Waals surface area contributed by atoms with Crippen molar-refractivity contribution in [1.29, 1.82) is 0 Å². The molecule has 10 heteroatoms. The zero-order valence-corrected chi connectivity index (χ0v) is 23.8. The smallest absolute Gasteiger partial charge is 0.231 e. The van der Waals surface area contributed by atoms with Gasteiger partial charge in [-0.25, -0.2) is 9.37 Å². The van der Waals surface area contributed by atoms with Gasteiger partial charge in [0.05, 0.1) is 24.2 Å². The first kappa shape index (κ1) is 28.4. The van der Waals surface area contributed by atoms with Gasteiger partial charge in [-0.15, -0.1) is 0 Å². The Morgan fingerprint density at radius 3 is 2.56 bits per heavy atom. The molecule has 43 heavy (non-hydrogen) atoms. The van der Waals surface area contributed by atoms with Gasteiger partial charge in [0.25, 0.3) is 0 Å². The number of halogens is 1. The van der Waals surface area contributed by atoms with Crippen LogP contribution in [0.5, 0.6) is 11.5 Å². The molecule has 1 aliphatic carbocycles. The van der Waals surface area contributed by atoms with Crippen molar-refractivity contribution in [2.75, 3.05) is 6.61 Å². The third kappa shape index (κ3) is 5.58. The number of carbonyl (C=O) groups is 2. The van der Waals surface area contributed by atoms with Crippen LogP contribution in [0.25, 0.3) is 22.4 Å². The van der Waals surface area contributed by atoms with Crippen molar-refractivity contribution in [3.8, 4) is 33.9 Å². The van der Waals surface area contributed by atoms with Crippen molar-refractivity contribution in [1.82, 2.24) is 15.2 Å². The summed E-state index contributed by atoms with van der Waals surface area (Å²) in [4.78, 5) is 30.6. The summed E-state index contributed by atoms with van der Waals surface area (Å²) in [5, 5.41) is 19.5. The summed E-state index contributed by atoms with van der Waals surface area (Å²) < 4.78 is 25.7. The topological polar surface area (TPSA) is 138 Å². The fraction of sp³-hybridized carbons (Fsp3) is 0.303. The normalized spacial score (nSPS) is 18.8. The third-order valence-corrected chi connectivity index (χ3v) is 8.14. The van der Waals surface area contributed by atoms with E-state index in [9.17, 15) is 19.1 Å². The molecule has 2 aliphatic rings. The maximum absolute atomic E-state index is 13.7. The molecule has 3 N–H and O–H groups in total. The molecule has 6 rings (SSSR count). The highest BCUT2D eigenvalue weighted by Crippen LogP contribution is 2.46. The number of carbonyl (C=O) groups excluding carboxylic acids is 2. The van der Waals surface area contributed by atoms with Crippen LogP contribution in [0.4, 0.5) is 4.39 Å². The van der Waals surface area contributed by atoms with Gasteiger partial charge in [-0.3, -0.25) is 9.59 Å². The molecule has 2 atom stereocenters. The molecule has 9 nitrogen and oxygen atoms in total. The molecule has 0 unspecified atom stereocenters. The first-order valence-electron chi connectivity index (χ1n) is 14.1. The Bertz CT molecular complexity index is 1710. The average Bonchev–Trinajstić information content (AvgIpc) is 3.76. The Labute approximate surface area is 247 Å². The predicted molar refractivity (Wildman–Crippen MR) is 156 cm³/mol. The van der Waals surface area contributed by atoms with Gasteiger partial charge in [-0.05, 0) is 87.7 Å². The maximum atomic E-state index is 13.7. The second kappa shape index (κ2) is 10.9. The number of rotatable bonds is 10. The first-order chi connectivity index (χ1) is 20.5. The van der Waals surface area contributed by atoms with Crippen molar-refractivity contribution >= 4 is 11.7 Å². The number of nitrogens with two attached hydrogens (primary N) is 1. The van der Waals surface area contributed by atoms with E-state index in [0.717, 1.165) is 24.0 Å². The van der Waals surface area contributed by atoms with Crippen LogP contribution in [0.3, 0.4) is 0 Å². The zero-order valence-electron chi connectivity index (χ0n) is 23.8. The van der Waals surface area contributed by atoms with Gasteiger partial charge in [0.2, 0.25) is 5.91 Å². The molecule has 0 radical (unpaired) electrons. The molecule has 0 spiro atoms. The minimum Gasteiger partial charge on any atom is -0.490 e. The lowest BCUT2D eigenvalue weighted by Crippen LogP contribution is -2.40. The number of pyridine rings is 1. The lowest BCUT2D eigenvalue weighted by molar-refractivity contribution is -0.123. The first-order valence-corrected chi connectivity index (χ1v) is 14.1. The van der Waals surface area contributed by atoms with Gasteiger partial charge >= 0.3 is 0 Å². The largest absolute Gasteiger partial charge is 0.490 e. The van der Waals surface area contributed by atoms with Crippen molar-refractivity contribution in [2.45, 2.75) is 56.7 Å². The number of amides is 1. The summed E-state index contributed by atoms with van der Waals surface area (Å²) in [6.45, 7) is 3.25. The molecule has 1 saturated carbocycles. The lowest BCUT2D eigenvalue weighted by atomic mass is 9.81. The van der Waals surface area contributed by atoms with E-state index in [1.165, 1.54) is 12.1 Å². The summed E-state index contributed by atoms with van der Waals surface area (Å²) in [7, 11) is 0. The minimum atomic E-state index is -1.56. The van der Waals surface area contributed by atoms with Crippen LogP contribution in [0, 0.1) is 5.82 Å². The number of aromatic nitrogens is 3. The van der Waals surface area contributed by atoms with Crippen LogP contribution < -0.4 is 15.2 Å². The Morgan fingerprint density at radius 2 is 1.88 bits per heavy atom. The van der Waals surface area contributed by atoms with Gasteiger partial charge in [-0.2, -0.15) is 10.2 Å². The van der Waals surface area contributed by atoms with Crippen LogP contribution in [-0.2, 0) is 15.8 Å². The molecule has 0 saturated heterocycles. The molecule has 1 amide bonds. The molecular formula is C33H31FN4O5. The number of hydrogen-bond acceptors (Lipinski definition) is 8. The molecule has 3 heterocycles. The molecule has 4 aromatic rings. The number of ketones is 1. The molecule has 2 aromatic heterocycles. The Hall–Kier alpha value is -4.70. The van der Waals surface area contributed by atoms with E-state index in [2.05, 4.69) is 10.2 Å². The van der Waals surface area contributed by atoms with Gasteiger partial charge in [0.15, 0.2) is 5.78 Å². The van der Waals surface area contributed by atoms with Crippen LogP contribution in [0.15, 0.2) is 67.0 Å². The molecule has 0 bridgehead atoms. The molecule has 1 aliphatic heterocycles. The number of nitrogens with zero attached hydrogens (tertiary/aromatic N) is 3. The fourth-order valence-electron chi connectivity index (χ4n) is 5.14. The summed E-state index contributed by atoms with van der Waals surface area (Å²) in [5.74, 6) is -0.144. The van der Waals surface area contributed by atoms with Crippen molar-refractivity contribution < 1.29 is 28.6 Å². The highest BCUT2D eigenvalue weighted by Gasteiger charge is 2.45. The predicted octanol–water partition coefficient (Wildman–Crippen LogP) is 4.89. The molecular weight excluding hydrogens is 551 g/mol. The number of aliphatic hydroxyl groups is 1. The fourth-order valence-corrected chi connectivity index (χ4v) is 5.14.